The Balaban J connectivity index is 1.83. The summed E-state index contributed by atoms with van der Waals surface area (Å²) in [5.74, 6) is 0.786. The van der Waals surface area contributed by atoms with E-state index in [0.717, 1.165) is 11.3 Å². The van der Waals surface area contributed by atoms with Gasteiger partial charge in [0, 0.05) is 11.5 Å². The Morgan fingerprint density at radius 3 is 2.29 bits per heavy atom. The number of nitrogens with one attached hydrogen (secondary N) is 1. The number of benzene rings is 2. The molecule has 1 atom stereocenters. The zero-order chi connectivity index (χ0) is 20.4. The molecule has 150 valence electrons. The molecule has 0 amide bonds. The topological polar surface area (TPSA) is 64.6 Å². The van der Waals surface area contributed by atoms with Gasteiger partial charge < -0.3 is 14.8 Å². The number of carbonyl (C=O) groups is 2. The van der Waals surface area contributed by atoms with Crippen molar-refractivity contribution in [1.29, 1.82) is 0 Å². The van der Waals surface area contributed by atoms with Crippen LogP contribution < -0.4 is 10.1 Å². The zero-order valence-electron chi connectivity index (χ0n) is 16.8. The van der Waals surface area contributed by atoms with Crippen molar-refractivity contribution in [3.05, 3.63) is 65.7 Å². The fourth-order valence-electron chi connectivity index (χ4n) is 2.76. The van der Waals surface area contributed by atoms with Crippen LogP contribution in [0.3, 0.4) is 0 Å². The molecule has 0 heterocycles. The standard InChI is InChI=1S/C23H29NO4/c1-17(2)23(26)22(28-16-18-9-11-20(27-3)12-10-18)13-14-24-15-21(25)19-7-5-4-6-8-19/h4-12,17,22,24H,13-16H2,1-3H3. The number of carbonyl (C=O) groups excluding carboxylic acids is 2. The molecule has 2 aromatic rings. The van der Waals surface area contributed by atoms with Crippen molar-refractivity contribution in [1.82, 2.24) is 5.32 Å². The lowest BCUT2D eigenvalue weighted by atomic mass is 10.0. The smallest absolute Gasteiger partial charge is 0.176 e. The lowest BCUT2D eigenvalue weighted by Crippen LogP contribution is -2.33. The molecule has 0 bridgehead atoms. The normalized spacial score (nSPS) is 12.0. The van der Waals surface area contributed by atoms with Crippen molar-refractivity contribution in [2.24, 2.45) is 5.92 Å². The quantitative estimate of drug-likeness (QED) is 0.448. The SMILES string of the molecule is COc1ccc(COC(CCNCC(=O)c2ccccc2)C(=O)C(C)C)cc1. The molecule has 1 N–H and O–H groups in total. The highest BCUT2D eigenvalue weighted by Gasteiger charge is 2.21. The van der Waals surface area contributed by atoms with Crippen molar-refractivity contribution >= 4 is 11.6 Å². The van der Waals surface area contributed by atoms with Gasteiger partial charge in [0.15, 0.2) is 11.6 Å². The predicted octanol–water partition coefficient (Wildman–Crippen LogP) is 3.67. The van der Waals surface area contributed by atoms with Crippen LogP contribution >= 0.6 is 0 Å². The summed E-state index contributed by atoms with van der Waals surface area (Å²) in [4.78, 5) is 24.6. The second-order valence-corrected chi connectivity index (χ2v) is 6.96. The summed E-state index contributed by atoms with van der Waals surface area (Å²) in [5.41, 5.74) is 1.66. The van der Waals surface area contributed by atoms with Crippen LogP contribution in [0, 0.1) is 5.92 Å². The minimum absolute atomic E-state index is 0.0338. The van der Waals surface area contributed by atoms with E-state index in [0.29, 0.717) is 25.1 Å². The number of rotatable bonds is 12. The second-order valence-electron chi connectivity index (χ2n) is 6.96. The first kappa shape index (κ1) is 21.8. The number of Topliss-reactive ketones (excluding diaryl/α,β-unsaturated/α-hetero) is 2. The Kier molecular flexibility index (Phi) is 8.85. The fraction of sp³-hybridized carbons (Fsp3) is 0.391. The van der Waals surface area contributed by atoms with E-state index in [1.54, 1.807) is 19.2 Å². The van der Waals surface area contributed by atoms with Gasteiger partial charge >= 0.3 is 0 Å². The van der Waals surface area contributed by atoms with Crippen LogP contribution in [0.25, 0.3) is 0 Å². The summed E-state index contributed by atoms with van der Waals surface area (Å²) in [6, 6.07) is 16.8. The van der Waals surface area contributed by atoms with Crippen LogP contribution in [0.5, 0.6) is 5.75 Å². The molecule has 0 aliphatic rings. The molecule has 0 saturated carbocycles. The Morgan fingerprint density at radius 1 is 1.00 bits per heavy atom. The molecular formula is C23H29NO4. The Bertz CT molecular complexity index is 741. The molecule has 2 aromatic carbocycles. The summed E-state index contributed by atoms with van der Waals surface area (Å²) in [7, 11) is 1.62. The van der Waals surface area contributed by atoms with E-state index in [1.807, 2.05) is 56.3 Å². The largest absolute Gasteiger partial charge is 0.497 e. The lowest BCUT2D eigenvalue weighted by molar-refractivity contribution is -0.134. The summed E-state index contributed by atoms with van der Waals surface area (Å²) in [6.45, 7) is 4.88. The van der Waals surface area contributed by atoms with Gasteiger partial charge in [0.25, 0.3) is 0 Å². The molecule has 0 aliphatic carbocycles. The van der Waals surface area contributed by atoms with Gasteiger partial charge in [-0.1, -0.05) is 56.3 Å². The van der Waals surface area contributed by atoms with Crippen molar-refractivity contribution in [3.8, 4) is 5.75 Å². The van der Waals surface area contributed by atoms with Gasteiger partial charge in [0.2, 0.25) is 0 Å². The van der Waals surface area contributed by atoms with Gasteiger partial charge in [-0.2, -0.15) is 0 Å². The molecule has 5 heteroatoms. The van der Waals surface area contributed by atoms with E-state index in [-0.39, 0.29) is 24.0 Å². The molecule has 0 spiro atoms. The second kappa shape index (κ2) is 11.4. The van der Waals surface area contributed by atoms with Gasteiger partial charge in [-0.05, 0) is 30.7 Å². The average molecular weight is 383 g/mol. The third kappa shape index (κ3) is 6.91. The Labute approximate surface area is 167 Å². The molecule has 1 unspecified atom stereocenters. The van der Waals surface area contributed by atoms with Crippen LogP contribution in [0.1, 0.15) is 36.2 Å². The van der Waals surface area contributed by atoms with E-state index in [4.69, 9.17) is 9.47 Å². The number of hydrogen-bond acceptors (Lipinski definition) is 5. The molecule has 0 fully saturated rings. The Hall–Kier alpha value is -2.50. The first-order valence-corrected chi connectivity index (χ1v) is 9.58. The third-order valence-corrected chi connectivity index (χ3v) is 4.46. The average Bonchev–Trinajstić information content (AvgIpc) is 2.73. The van der Waals surface area contributed by atoms with E-state index in [1.165, 1.54) is 0 Å². The van der Waals surface area contributed by atoms with Crippen LogP contribution in [-0.2, 0) is 16.1 Å². The van der Waals surface area contributed by atoms with Gasteiger partial charge in [-0.3, -0.25) is 9.59 Å². The number of ketones is 2. The summed E-state index contributed by atoms with van der Waals surface area (Å²) < 4.78 is 11.1. The van der Waals surface area contributed by atoms with Crippen LogP contribution in [0.4, 0.5) is 0 Å². The van der Waals surface area contributed by atoms with Crippen molar-refractivity contribution < 1.29 is 19.1 Å². The van der Waals surface area contributed by atoms with E-state index < -0.39 is 6.10 Å². The van der Waals surface area contributed by atoms with Gasteiger partial charge in [0.05, 0.1) is 20.3 Å². The summed E-state index contributed by atoms with van der Waals surface area (Å²) in [5, 5.41) is 3.12. The molecule has 2 rings (SSSR count). The van der Waals surface area contributed by atoms with Gasteiger partial charge in [-0.15, -0.1) is 0 Å². The molecule has 0 saturated heterocycles. The molecule has 5 nitrogen and oxygen atoms in total. The summed E-state index contributed by atoms with van der Waals surface area (Å²) in [6.07, 6.45) is 0.0244. The van der Waals surface area contributed by atoms with Crippen LogP contribution in [0.15, 0.2) is 54.6 Å². The highest BCUT2D eigenvalue weighted by molar-refractivity contribution is 5.97. The minimum atomic E-state index is -0.499. The molecule has 0 radical (unpaired) electrons. The fourth-order valence-corrected chi connectivity index (χ4v) is 2.76. The van der Waals surface area contributed by atoms with Crippen LogP contribution in [0.2, 0.25) is 0 Å². The maximum absolute atomic E-state index is 12.5. The van der Waals surface area contributed by atoms with Gasteiger partial charge in [0.1, 0.15) is 11.9 Å². The van der Waals surface area contributed by atoms with E-state index >= 15 is 0 Å². The highest BCUT2D eigenvalue weighted by atomic mass is 16.5. The molecule has 0 aromatic heterocycles. The lowest BCUT2D eigenvalue weighted by Gasteiger charge is -2.19. The first-order chi connectivity index (χ1) is 13.5. The molecule has 28 heavy (non-hydrogen) atoms. The first-order valence-electron chi connectivity index (χ1n) is 9.58. The maximum atomic E-state index is 12.5. The number of ether oxygens (including phenoxy) is 2. The van der Waals surface area contributed by atoms with Crippen LogP contribution in [-0.4, -0.2) is 37.9 Å². The third-order valence-electron chi connectivity index (χ3n) is 4.46. The summed E-state index contributed by atoms with van der Waals surface area (Å²) >= 11 is 0. The Morgan fingerprint density at radius 2 is 1.68 bits per heavy atom. The van der Waals surface area contributed by atoms with Gasteiger partial charge in [-0.25, -0.2) is 0 Å². The van der Waals surface area contributed by atoms with Crippen molar-refractivity contribution in [3.63, 3.8) is 0 Å². The monoisotopic (exact) mass is 383 g/mol. The number of hydrogen-bond donors (Lipinski definition) is 1. The molecular weight excluding hydrogens is 354 g/mol. The van der Waals surface area contributed by atoms with Crippen molar-refractivity contribution in [2.75, 3.05) is 20.2 Å². The maximum Gasteiger partial charge on any atom is 0.176 e. The molecule has 0 aliphatic heterocycles. The zero-order valence-corrected chi connectivity index (χ0v) is 16.8. The highest BCUT2D eigenvalue weighted by Crippen LogP contribution is 2.15. The predicted molar refractivity (Wildman–Crippen MR) is 110 cm³/mol. The van der Waals surface area contributed by atoms with E-state index in [9.17, 15) is 9.59 Å². The minimum Gasteiger partial charge on any atom is -0.497 e. The van der Waals surface area contributed by atoms with Crippen molar-refractivity contribution in [2.45, 2.75) is 33.0 Å². The number of methoxy groups -OCH3 is 1. The van der Waals surface area contributed by atoms with E-state index in [2.05, 4.69) is 5.32 Å².